The maximum Gasteiger partial charge on any atom is 0.417 e. The van der Waals surface area contributed by atoms with E-state index < -0.39 is 17.7 Å². The third-order valence-corrected chi connectivity index (χ3v) is 3.98. The number of hydrogen-bond donors (Lipinski definition) is 0. The van der Waals surface area contributed by atoms with Crippen LogP contribution in [-0.4, -0.2) is 24.2 Å². The van der Waals surface area contributed by atoms with E-state index in [0.717, 1.165) is 0 Å². The fourth-order valence-corrected chi connectivity index (χ4v) is 2.48. The molecule has 0 bridgehead atoms. The third-order valence-electron chi connectivity index (χ3n) is 3.71. The van der Waals surface area contributed by atoms with Crippen molar-refractivity contribution in [3.8, 4) is 23.4 Å². The molecule has 0 aliphatic heterocycles. The van der Waals surface area contributed by atoms with Crippen LogP contribution in [0.4, 0.5) is 13.2 Å². The number of halogens is 4. The highest BCUT2D eigenvalue weighted by Crippen LogP contribution is 2.36. The van der Waals surface area contributed by atoms with E-state index in [9.17, 15) is 18.0 Å². The summed E-state index contributed by atoms with van der Waals surface area (Å²) >= 11 is 5.92. The van der Waals surface area contributed by atoms with Gasteiger partial charge in [0.05, 0.1) is 24.8 Å². The largest absolute Gasteiger partial charge is 0.493 e. The minimum atomic E-state index is -4.60. The van der Waals surface area contributed by atoms with Crippen molar-refractivity contribution in [1.29, 1.82) is 5.26 Å². The quantitative estimate of drug-likeness (QED) is 0.270. The van der Waals surface area contributed by atoms with E-state index in [0.29, 0.717) is 36.4 Å². The lowest BCUT2D eigenvalue weighted by atomic mass is 10.1. The topological polar surface area (TPSA) is 81.4 Å². The van der Waals surface area contributed by atoms with Crippen LogP contribution in [-0.2, 0) is 15.7 Å². The van der Waals surface area contributed by atoms with Crippen LogP contribution in [0.1, 0.15) is 30.9 Å². The molecular weight excluding hydrogens is 437 g/mol. The Bertz CT molecular complexity index is 988. The highest BCUT2D eigenvalue weighted by atomic mass is 35.5. The molecule has 0 aliphatic rings. The molecule has 1 heterocycles. The van der Waals surface area contributed by atoms with Crippen LogP contribution in [0.5, 0.6) is 17.4 Å². The summed E-state index contributed by atoms with van der Waals surface area (Å²) in [7, 11) is 0. The van der Waals surface area contributed by atoms with Crippen molar-refractivity contribution >= 4 is 23.6 Å². The van der Waals surface area contributed by atoms with Crippen molar-refractivity contribution in [3.05, 3.63) is 52.7 Å². The maximum atomic E-state index is 12.8. The summed E-state index contributed by atoms with van der Waals surface area (Å²) in [6.07, 6.45) is -0.540. The number of ether oxygens (including phenoxy) is 3. The SMILES string of the molecule is CCOC(=O)/C=C/c1ccc(OCCCC#N)cc1Oc1ncc(C(F)(F)F)cc1Cl. The molecule has 0 fully saturated rings. The van der Waals surface area contributed by atoms with Gasteiger partial charge in [0, 0.05) is 30.3 Å². The van der Waals surface area contributed by atoms with Gasteiger partial charge >= 0.3 is 12.1 Å². The Balaban J connectivity index is 2.32. The number of rotatable bonds is 9. The third kappa shape index (κ3) is 7.50. The number of carbonyl (C=O) groups excluding carboxylic acids is 1. The molecule has 0 radical (unpaired) electrons. The van der Waals surface area contributed by atoms with Gasteiger partial charge in [-0.3, -0.25) is 0 Å². The summed E-state index contributed by atoms with van der Waals surface area (Å²) in [5.41, 5.74) is -0.600. The van der Waals surface area contributed by atoms with E-state index in [-0.39, 0.29) is 29.9 Å². The molecule has 0 N–H and O–H groups in total. The zero-order chi connectivity index (χ0) is 22.9. The molecule has 0 unspecified atom stereocenters. The van der Waals surface area contributed by atoms with Gasteiger partial charge in [0.15, 0.2) is 0 Å². The van der Waals surface area contributed by atoms with Crippen LogP contribution in [0.25, 0.3) is 6.08 Å². The van der Waals surface area contributed by atoms with E-state index in [1.165, 1.54) is 18.2 Å². The standard InChI is InChI=1S/C21H18ClF3N2O4/c1-2-29-19(28)8-6-14-5-7-16(30-10-4-3-9-26)12-18(14)31-20-17(22)11-15(13-27-20)21(23,24)25/h5-8,11-13H,2-4,10H2,1H3/b8-6+. The second kappa shape index (κ2) is 11.2. The first-order chi connectivity index (χ1) is 14.7. The van der Waals surface area contributed by atoms with Crippen LogP contribution in [0.3, 0.4) is 0 Å². The lowest BCUT2D eigenvalue weighted by Crippen LogP contribution is -2.06. The smallest absolute Gasteiger partial charge is 0.417 e. The molecule has 164 valence electrons. The number of benzene rings is 1. The maximum absolute atomic E-state index is 12.8. The van der Waals surface area contributed by atoms with Gasteiger partial charge in [0.2, 0.25) is 5.88 Å². The van der Waals surface area contributed by atoms with Gasteiger partial charge in [-0.2, -0.15) is 18.4 Å². The minimum Gasteiger partial charge on any atom is -0.493 e. The molecule has 31 heavy (non-hydrogen) atoms. The fourth-order valence-electron chi connectivity index (χ4n) is 2.28. The van der Waals surface area contributed by atoms with Gasteiger partial charge in [-0.15, -0.1) is 0 Å². The number of nitriles is 1. The van der Waals surface area contributed by atoms with Crippen LogP contribution >= 0.6 is 11.6 Å². The Labute approximate surface area is 181 Å². The Hall–Kier alpha value is -3.25. The predicted molar refractivity (Wildman–Crippen MR) is 107 cm³/mol. The molecule has 0 amide bonds. The highest BCUT2D eigenvalue weighted by molar-refractivity contribution is 6.31. The van der Waals surface area contributed by atoms with E-state index in [1.807, 2.05) is 6.07 Å². The van der Waals surface area contributed by atoms with Gasteiger partial charge in [-0.1, -0.05) is 11.6 Å². The average Bonchev–Trinajstić information content (AvgIpc) is 2.71. The molecule has 10 heteroatoms. The molecule has 0 aliphatic carbocycles. The van der Waals surface area contributed by atoms with Crippen LogP contribution in [0.15, 0.2) is 36.5 Å². The molecule has 0 spiro atoms. The highest BCUT2D eigenvalue weighted by Gasteiger charge is 2.31. The molecule has 2 rings (SSSR count). The Kier molecular flexibility index (Phi) is 8.70. The number of carbonyl (C=O) groups is 1. The van der Waals surface area contributed by atoms with Crippen LogP contribution < -0.4 is 9.47 Å². The summed E-state index contributed by atoms with van der Waals surface area (Å²) < 4.78 is 54.5. The number of nitrogens with zero attached hydrogens (tertiary/aromatic N) is 2. The van der Waals surface area contributed by atoms with Crippen molar-refractivity contribution in [2.75, 3.05) is 13.2 Å². The number of pyridine rings is 1. The lowest BCUT2D eigenvalue weighted by Gasteiger charge is -2.13. The minimum absolute atomic E-state index is 0.146. The molecule has 1 aromatic carbocycles. The number of alkyl halides is 3. The van der Waals surface area contributed by atoms with Crippen molar-refractivity contribution < 1.29 is 32.2 Å². The summed E-state index contributed by atoms with van der Waals surface area (Å²) in [4.78, 5) is 15.3. The summed E-state index contributed by atoms with van der Waals surface area (Å²) in [5, 5.41) is 8.25. The number of aromatic nitrogens is 1. The normalized spacial score (nSPS) is 11.2. The van der Waals surface area contributed by atoms with Gasteiger partial charge in [-0.05, 0) is 37.6 Å². The Morgan fingerprint density at radius 2 is 2.10 bits per heavy atom. The molecule has 0 saturated carbocycles. The summed E-state index contributed by atoms with van der Waals surface area (Å²) in [5.74, 6) is -0.283. The zero-order valence-corrected chi connectivity index (χ0v) is 17.2. The fraction of sp³-hybridized carbons (Fsp3) is 0.286. The average molecular weight is 455 g/mol. The Morgan fingerprint density at radius 3 is 2.74 bits per heavy atom. The number of hydrogen-bond acceptors (Lipinski definition) is 6. The van der Waals surface area contributed by atoms with E-state index in [1.54, 1.807) is 19.1 Å². The first-order valence-electron chi connectivity index (χ1n) is 9.13. The molecule has 0 atom stereocenters. The monoisotopic (exact) mass is 454 g/mol. The molecule has 0 saturated heterocycles. The van der Waals surface area contributed by atoms with Crippen molar-refractivity contribution in [1.82, 2.24) is 4.98 Å². The predicted octanol–water partition coefficient (Wildman–Crippen LogP) is 5.80. The second-order valence-corrected chi connectivity index (χ2v) is 6.41. The van der Waals surface area contributed by atoms with Gasteiger partial charge in [0.1, 0.15) is 16.5 Å². The first-order valence-corrected chi connectivity index (χ1v) is 9.51. The zero-order valence-electron chi connectivity index (χ0n) is 16.4. The molecule has 1 aromatic heterocycles. The van der Waals surface area contributed by atoms with Crippen LogP contribution in [0.2, 0.25) is 5.02 Å². The van der Waals surface area contributed by atoms with Crippen molar-refractivity contribution in [2.24, 2.45) is 0 Å². The molecule has 2 aromatic rings. The van der Waals surface area contributed by atoms with Crippen molar-refractivity contribution in [3.63, 3.8) is 0 Å². The van der Waals surface area contributed by atoms with Gasteiger partial charge in [0.25, 0.3) is 0 Å². The molecule has 6 nitrogen and oxygen atoms in total. The second-order valence-electron chi connectivity index (χ2n) is 6.01. The molecular formula is C21H18ClF3N2O4. The van der Waals surface area contributed by atoms with Gasteiger partial charge < -0.3 is 14.2 Å². The van der Waals surface area contributed by atoms with E-state index in [4.69, 9.17) is 31.1 Å². The van der Waals surface area contributed by atoms with Crippen molar-refractivity contribution in [2.45, 2.75) is 25.9 Å². The van der Waals surface area contributed by atoms with Gasteiger partial charge in [-0.25, -0.2) is 9.78 Å². The Morgan fingerprint density at radius 1 is 1.32 bits per heavy atom. The van der Waals surface area contributed by atoms with E-state index in [2.05, 4.69) is 4.98 Å². The first kappa shape index (κ1) is 24.0. The number of esters is 1. The van der Waals surface area contributed by atoms with Crippen LogP contribution in [0, 0.1) is 11.3 Å². The number of unbranched alkanes of at least 4 members (excludes halogenated alkanes) is 1. The lowest BCUT2D eigenvalue weighted by molar-refractivity contribution is -0.138. The van der Waals surface area contributed by atoms with E-state index >= 15 is 0 Å². The summed E-state index contributed by atoms with van der Waals surface area (Å²) in [6.45, 7) is 2.15. The summed E-state index contributed by atoms with van der Waals surface area (Å²) in [6, 6.07) is 7.40.